The van der Waals surface area contributed by atoms with Crippen LogP contribution in [0.2, 0.25) is 0 Å². The molecule has 5 nitrogen and oxygen atoms in total. The number of aliphatic imine (C=N–C) groups is 1. The van der Waals surface area contributed by atoms with Crippen molar-refractivity contribution in [3.8, 4) is 0 Å². The zero-order valence-corrected chi connectivity index (χ0v) is 16.0. The third kappa shape index (κ3) is 4.25. The molecule has 2 heterocycles. The van der Waals surface area contributed by atoms with Gasteiger partial charge >= 0.3 is 0 Å². The first-order chi connectivity index (χ1) is 12.2. The zero-order valence-electron chi connectivity index (χ0n) is 16.0. The van der Waals surface area contributed by atoms with E-state index in [2.05, 4.69) is 51.1 Å². The summed E-state index contributed by atoms with van der Waals surface area (Å²) in [6.07, 6.45) is 7.60. The van der Waals surface area contributed by atoms with Gasteiger partial charge in [0.2, 0.25) is 0 Å². The summed E-state index contributed by atoms with van der Waals surface area (Å²) < 4.78 is 0. The minimum atomic E-state index is 0.782. The first-order valence-electron chi connectivity index (χ1n) is 9.90. The van der Waals surface area contributed by atoms with Crippen molar-refractivity contribution in [2.45, 2.75) is 46.1 Å². The van der Waals surface area contributed by atoms with Crippen LogP contribution in [-0.2, 0) is 6.54 Å². The molecular weight excluding hydrogens is 310 g/mol. The van der Waals surface area contributed by atoms with Gasteiger partial charge in [-0.25, -0.2) is 4.98 Å². The molecule has 2 atom stereocenters. The lowest BCUT2D eigenvalue weighted by Crippen LogP contribution is -2.39. The first kappa shape index (κ1) is 18.0. The molecule has 1 aliphatic heterocycles. The van der Waals surface area contributed by atoms with Crippen molar-refractivity contribution in [3.05, 3.63) is 23.9 Å². The van der Waals surface area contributed by atoms with Gasteiger partial charge < -0.3 is 15.1 Å². The molecule has 1 aromatic heterocycles. The maximum absolute atomic E-state index is 4.61. The topological polar surface area (TPSA) is 43.8 Å². The van der Waals surface area contributed by atoms with Gasteiger partial charge in [0.15, 0.2) is 5.96 Å². The van der Waals surface area contributed by atoms with Gasteiger partial charge in [0.05, 0.1) is 0 Å². The molecule has 1 aliphatic carbocycles. The maximum atomic E-state index is 4.61. The number of guanidine groups is 1. The molecule has 2 aliphatic rings. The third-order valence-electron chi connectivity index (χ3n) is 5.83. The van der Waals surface area contributed by atoms with Crippen LogP contribution in [0.3, 0.4) is 0 Å². The number of hydrogen-bond acceptors (Lipinski definition) is 3. The molecule has 1 saturated heterocycles. The fourth-order valence-corrected chi connectivity index (χ4v) is 4.35. The lowest BCUT2D eigenvalue weighted by Gasteiger charge is -2.22. The first-order valence-corrected chi connectivity index (χ1v) is 9.90. The minimum absolute atomic E-state index is 0.782. The Morgan fingerprint density at radius 2 is 1.88 bits per heavy atom. The van der Waals surface area contributed by atoms with Gasteiger partial charge in [0.1, 0.15) is 5.82 Å². The van der Waals surface area contributed by atoms with Gasteiger partial charge in [-0.3, -0.25) is 4.99 Å². The van der Waals surface area contributed by atoms with Crippen molar-refractivity contribution in [1.82, 2.24) is 15.2 Å². The summed E-state index contributed by atoms with van der Waals surface area (Å²) in [4.78, 5) is 13.9. The number of fused-ring (bicyclic) bond motifs is 1. The highest BCUT2D eigenvalue weighted by Crippen LogP contribution is 2.35. The van der Waals surface area contributed by atoms with Crippen molar-refractivity contribution < 1.29 is 0 Å². The summed E-state index contributed by atoms with van der Waals surface area (Å²) in [6.45, 7) is 9.43. The molecule has 0 radical (unpaired) electrons. The second kappa shape index (κ2) is 8.54. The van der Waals surface area contributed by atoms with E-state index in [9.17, 15) is 0 Å². The zero-order chi connectivity index (χ0) is 17.6. The van der Waals surface area contributed by atoms with Gasteiger partial charge in [-0.2, -0.15) is 0 Å². The molecule has 25 heavy (non-hydrogen) atoms. The lowest BCUT2D eigenvalue weighted by atomic mass is 9.82. The summed E-state index contributed by atoms with van der Waals surface area (Å²) in [5, 5.41) is 3.54. The van der Waals surface area contributed by atoms with Crippen molar-refractivity contribution in [1.29, 1.82) is 0 Å². The van der Waals surface area contributed by atoms with E-state index in [0.29, 0.717) is 0 Å². The second-order valence-corrected chi connectivity index (χ2v) is 7.31. The number of rotatable bonds is 5. The Kier molecular flexibility index (Phi) is 6.16. The molecule has 0 spiro atoms. The predicted molar refractivity (Wildman–Crippen MR) is 105 cm³/mol. The molecule has 1 aromatic rings. The normalized spacial score (nSPS) is 23.5. The maximum Gasteiger partial charge on any atom is 0.193 e. The van der Waals surface area contributed by atoms with Crippen LogP contribution in [0.1, 0.15) is 45.1 Å². The van der Waals surface area contributed by atoms with Gasteiger partial charge in [0.25, 0.3) is 0 Å². The van der Waals surface area contributed by atoms with E-state index in [-0.39, 0.29) is 0 Å². The molecule has 0 aromatic carbocycles. The van der Waals surface area contributed by atoms with Crippen molar-refractivity contribution >= 4 is 11.8 Å². The molecule has 138 valence electrons. The molecule has 1 saturated carbocycles. The quantitative estimate of drug-likeness (QED) is 0.659. The Bertz CT molecular complexity index is 550. The van der Waals surface area contributed by atoms with E-state index in [1.54, 1.807) is 0 Å². The van der Waals surface area contributed by atoms with Crippen LogP contribution < -0.4 is 10.2 Å². The van der Waals surface area contributed by atoms with E-state index in [1.165, 1.54) is 44.3 Å². The van der Waals surface area contributed by atoms with Gasteiger partial charge in [-0.1, -0.05) is 18.9 Å². The van der Waals surface area contributed by atoms with E-state index in [1.807, 2.05) is 13.2 Å². The van der Waals surface area contributed by atoms with E-state index in [0.717, 1.165) is 43.2 Å². The molecule has 0 bridgehead atoms. The second-order valence-electron chi connectivity index (χ2n) is 7.31. The highest BCUT2D eigenvalue weighted by molar-refractivity contribution is 5.80. The summed E-state index contributed by atoms with van der Waals surface area (Å²) in [5.74, 6) is 3.86. The average Bonchev–Trinajstić information content (AvgIpc) is 3.08. The van der Waals surface area contributed by atoms with Crippen LogP contribution in [0, 0.1) is 11.8 Å². The monoisotopic (exact) mass is 343 g/mol. The third-order valence-corrected chi connectivity index (χ3v) is 5.83. The molecule has 2 unspecified atom stereocenters. The molecule has 1 N–H and O–H groups in total. The number of likely N-dealkylation sites (tertiary alicyclic amines) is 1. The van der Waals surface area contributed by atoms with E-state index >= 15 is 0 Å². The van der Waals surface area contributed by atoms with Crippen LogP contribution in [-0.4, -0.2) is 49.1 Å². The van der Waals surface area contributed by atoms with Crippen LogP contribution in [0.15, 0.2) is 23.3 Å². The number of pyridine rings is 1. The number of aromatic nitrogens is 1. The molecule has 5 heteroatoms. The standard InChI is InChI=1S/C20H33N5/c1-4-24(5-2)19-11-10-16(12-22-19)13-23-20(21-3)25-14-17-8-6-7-9-18(17)15-25/h10-12,17-18H,4-9,13-15H2,1-3H3,(H,21,23). The van der Waals surface area contributed by atoms with Crippen molar-refractivity contribution in [2.24, 2.45) is 16.8 Å². The van der Waals surface area contributed by atoms with E-state index in [4.69, 9.17) is 0 Å². The lowest BCUT2D eigenvalue weighted by molar-refractivity contribution is 0.299. The molecular formula is C20H33N5. The average molecular weight is 344 g/mol. The molecule has 2 fully saturated rings. The van der Waals surface area contributed by atoms with Gasteiger partial charge in [-0.05, 0) is 50.2 Å². The summed E-state index contributed by atoms with van der Waals surface area (Å²) in [7, 11) is 1.89. The highest BCUT2D eigenvalue weighted by atomic mass is 15.3. The summed E-state index contributed by atoms with van der Waals surface area (Å²) >= 11 is 0. The predicted octanol–water partition coefficient (Wildman–Crippen LogP) is 3.13. The fraction of sp³-hybridized carbons (Fsp3) is 0.700. The fourth-order valence-electron chi connectivity index (χ4n) is 4.35. The summed E-state index contributed by atoms with van der Waals surface area (Å²) in [6, 6.07) is 4.29. The Hall–Kier alpha value is -1.78. The van der Waals surface area contributed by atoms with Gasteiger partial charge in [0, 0.05) is 46.0 Å². The highest BCUT2D eigenvalue weighted by Gasteiger charge is 2.35. The van der Waals surface area contributed by atoms with Crippen LogP contribution in [0.5, 0.6) is 0 Å². The van der Waals surface area contributed by atoms with Crippen LogP contribution in [0.25, 0.3) is 0 Å². The molecule has 3 rings (SSSR count). The largest absolute Gasteiger partial charge is 0.357 e. The number of nitrogens with one attached hydrogen (secondary N) is 1. The smallest absolute Gasteiger partial charge is 0.193 e. The Morgan fingerprint density at radius 1 is 1.20 bits per heavy atom. The van der Waals surface area contributed by atoms with Crippen LogP contribution in [0.4, 0.5) is 5.82 Å². The Balaban J connectivity index is 1.55. The summed E-state index contributed by atoms with van der Waals surface area (Å²) in [5.41, 5.74) is 1.20. The number of nitrogens with zero attached hydrogens (tertiary/aromatic N) is 4. The Morgan fingerprint density at radius 3 is 2.40 bits per heavy atom. The SMILES string of the molecule is CCN(CC)c1ccc(CNC(=NC)N2CC3CCCCC3C2)cn1. The van der Waals surface area contributed by atoms with E-state index < -0.39 is 0 Å². The molecule has 0 amide bonds. The number of anilines is 1. The van der Waals surface area contributed by atoms with Crippen molar-refractivity contribution in [3.63, 3.8) is 0 Å². The van der Waals surface area contributed by atoms with Gasteiger partial charge in [-0.15, -0.1) is 0 Å². The Labute approximate surface area is 152 Å². The van der Waals surface area contributed by atoms with Crippen molar-refractivity contribution in [2.75, 3.05) is 38.1 Å². The number of hydrogen-bond donors (Lipinski definition) is 1. The minimum Gasteiger partial charge on any atom is -0.357 e. The van der Waals surface area contributed by atoms with Crippen LogP contribution >= 0.6 is 0 Å².